The Morgan fingerprint density at radius 2 is 2.15 bits per heavy atom. The Bertz CT molecular complexity index is 313. The fourth-order valence-corrected chi connectivity index (χ4v) is 1.20. The minimum absolute atomic E-state index is 0.0488. The highest BCUT2D eigenvalue weighted by Gasteiger charge is 2.17. The summed E-state index contributed by atoms with van der Waals surface area (Å²) in [7, 11) is 0. The molecule has 0 aliphatic carbocycles. The van der Waals surface area contributed by atoms with Gasteiger partial charge in [0, 0.05) is 12.2 Å². The smallest absolute Gasteiger partial charge is 0.267 e. The predicted octanol–water partition coefficient (Wildman–Crippen LogP) is 1.37. The van der Waals surface area contributed by atoms with E-state index < -0.39 is 6.43 Å². The van der Waals surface area contributed by atoms with Gasteiger partial charge in [-0.1, -0.05) is 0 Å². The van der Waals surface area contributed by atoms with E-state index in [1.807, 2.05) is 0 Å². The monoisotopic (exact) mass is 187 g/mol. The van der Waals surface area contributed by atoms with Crippen molar-refractivity contribution >= 4 is 5.82 Å². The summed E-state index contributed by atoms with van der Waals surface area (Å²) in [4.78, 5) is 3.75. The summed E-state index contributed by atoms with van der Waals surface area (Å²) >= 11 is 0. The van der Waals surface area contributed by atoms with Gasteiger partial charge < -0.3 is 11.5 Å². The third kappa shape index (κ3) is 1.92. The van der Waals surface area contributed by atoms with Gasteiger partial charge in [0.25, 0.3) is 6.43 Å². The molecule has 1 rings (SSSR count). The van der Waals surface area contributed by atoms with Gasteiger partial charge in [0.05, 0.1) is 5.56 Å². The van der Waals surface area contributed by atoms with E-state index in [1.165, 1.54) is 6.07 Å². The van der Waals surface area contributed by atoms with E-state index in [1.54, 1.807) is 6.92 Å². The molecule has 0 atom stereocenters. The van der Waals surface area contributed by atoms with Crippen LogP contribution in [0.5, 0.6) is 0 Å². The minimum Gasteiger partial charge on any atom is -0.383 e. The Kier molecular flexibility index (Phi) is 2.77. The normalized spacial score (nSPS) is 10.8. The van der Waals surface area contributed by atoms with Gasteiger partial charge in [-0.2, -0.15) is 0 Å². The summed E-state index contributed by atoms with van der Waals surface area (Å²) in [5.74, 6) is -0.129. The number of nitrogen functional groups attached to an aromatic ring is 1. The van der Waals surface area contributed by atoms with Crippen molar-refractivity contribution in [2.24, 2.45) is 5.73 Å². The number of rotatable bonds is 2. The second-order valence-corrected chi connectivity index (χ2v) is 2.73. The average molecular weight is 187 g/mol. The molecule has 0 unspecified atom stereocenters. The molecule has 13 heavy (non-hydrogen) atoms. The van der Waals surface area contributed by atoms with E-state index in [0.29, 0.717) is 11.3 Å². The summed E-state index contributed by atoms with van der Waals surface area (Å²) in [6.07, 6.45) is -2.62. The van der Waals surface area contributed by atoms with Crippen molar-refractivity contribution in [1.29, 1.82) is 0 Å². The summed E-state index contributed by atoms with van der Waals surface area (Å²) in [6, 6.07) is 1.53. The first kappa shape index (κ1) is 9.85. The van der Waals surface area contributed by atoms with Gasteiger partial charge in [-0.3, -0.25) is 0 Å². The van der Waals surface area contributed by atoms with Gasteiger partial charge in [0.15, 0.2) is 0 Å². The maximum absolute atomic E-state index is 12.4. The largest absolute Gasteiger partial charge is 0.383 e. The SMILES string of the molecule is Cc1cc(CN)c(C(F)F)c(N)n1. The zero-order valence-electron chi connectivity index (χ0n) is 7.22. The number of hydrogen-bond donors (Lipinski definition) is 2. The Hall–Kier alpha value is -1.23. The van der Waals surface area contributed by atoms with Crippen LogP contribution >= 0.6 is 0 Å². The van der Waals surface area contributed by atoms with Crippen LogP contribution in [0.15, 0.2) is 6.07 Å². The number of hydrogen-bond acceptors (Lipinski definition) is 3. The van der Waals surface area contributed by atoms with Crippen molar-refractivity contribution in [2.45, 2.75) is 19.9 Å². The van der Waals surface area contributed by atoms with Crippen LogP contribution in [0, 0.1) is 6.92 Å². The number of alkyl halides is 2. The standard InChI is InChI=1S/C8H11F2N3/c1-4-2-5(3-11)6(7(9)10)8(12)13-4/h2,7H,3,11H2,1H3,(H2,12,13). The van der Waals surface area contributed by atoms with E-state index >= 15 is 0 Å². The number of nitrogens with zero attached hydrogens (tertiary/aromatic N) is 1. The molecular formula is C8H11F2N3. The third-order valence-corrected chi connectivity index (χ3v) is 1.74. The first-order valence-electron chi connectivity index (χ1n) is 3.80. The molecule has 0 spiro atoms. The molecule has 5 heteroatoms. The number of aryl methyl sites for hydroxylation is 1. The number of nitrogens with two attached hydrogens (primary N) is 2. The van der Waals surface area contributed by atoms with Crippen LogP contribution in [0.4, 0.5) is 14.6 Å². The fourth-order valence-electron chi connectivity index (χ4n) is 1.20. The van der Waals surface area contributed by atoms with E-state index in [-0.39, 0.29) is 17.9 Å². The first-order valence-corrected chi connectivity index (χ1v) is 3.80. The lowest BCUT2D eigenvalue weighted by atomic mass is 10.1. The highest BCUT2D eigenvalue weighted by molar-refractivity contribution is 5.46. The zero-order valence-corrected chi connectivity index (χ0v) is 7.22. The molecule has 0 bridgehead atoms. The molecule has 0 aliphatic heterocycles. The lowest BCUT2D eigenvalue weighted by molar-refractivity contribution is 0.150. The zero-order chi connectivity index (χ0) is 10.0. The Morgan fingerprint density at radius 3 is 2.62 bits per heavy atom. The van der Waals surface area contributed by atoms with Crippen LogP contribution in [-0.2, 0) is 6.54 Å². The molecular weight excluding hydrogens is 176 g/mol. The van der Waals surface area contributed by atoms with Gasteiger partial charge in [-0.15, -0.1) is 0 Å². The van der Waals surface area contributed by atoms with Crippen molar-refractivity contribution in [2.75, 3.05) is 5.73 Å². The topological polar surface area (TPSA) is 64.9 Å². The van der Waals surface area contributed by atoms with Crippen LogP contribution in [0.3, 0.4) is 0 Å². The molecule has 1 aromatic rings. The van der Waals surface area contributed by atoms with Crippen LogP contribution < -0.4 is 11.5 Å². The van der Waals surface area contributed by atoms with Crippen molar-refractivity contribution < 1.29 is 8.78 Å². The number of pyridine rings is 1. The van der Waals surface area contributed by atoms with E-state index in [9.17, 15) is 8.78 Å². The summed E-state index contributed by atoms with van der Waals surface area (Å²) in [6.45, 7) is 1.73. The van der Waals surface area contributed by atoms with Crippen LogP contribution in [0.1, 0.15) is 23.2 Å². The third-order valence-electron chi connectivity index (χ3n) is 1.74. The van der Waals surface area contributed by atoms with Crippen molar-refractivity contribution in [1.82, 2.24) is 4.98 Å². The summed E-state index contributed by atoms with van der Waals surface area (Å²) in [5, 5.41) is 0. The second-order valence-electron chi connectivity index (χ2n) is 2.73. The number of aromatic nitrogens is 1. The fraction of sp³-hybridized carbons (Fsp3) is 0.375. The molecule has 0 radical (unpaired) electrons. The molecule has 72 valence electrons. The van der Waals surface area contributed by atoms with Crippen molar-refractivity contribution in [3.05, 3.63) is 22.9 Å². The quantitative estimate of drug-likeness (QED) is 0.734. The molecule has 1 aromatic heterocycles. The summed E-state index contributed by atoms with van der Waals surface area (Å²) in [5.41, 5.74) is 11.4. The molecule has 4 N–H and O–H groups in total. The van der Waals surface area contributed by atoms with Crippen molar-refractivity contribution in [3.63, 3.8) is 0 Å². The van der Waals surface area contributed by atoms with Crippen LogP contribution in [0.2, 0.25) is 0 Å². The summed E-state index contributed by atoms with van der Waals surface area (Å²) < 4.78 is 24.9. The van der Waals surface area contributed by atoms with Crippen LogP contribution in [-0.4, -0.2) is 4.98 Å². The Balaban J connectivity index is 3.30. The Morgan fingerprint density at radius 1 is 1.54 bits per heavy atom. The maximum Gasteiger partial charge on any atom is 0.267 e. The van der Waals surface area contributed by atoms with Gasteiger partial charge in [-0.25, -0.2) is 13.8 Å². The van der Waals surface area contributed by atoms with Gasteiger partial charge in [0.2, 0.25) is 0 Å². The Labute approximate surface area is 74.8 Å². The average Bonchev–Trinajstić information content (AvgIpc) is 2.01. The van der Waals surface area contributed by atoms with Crippen LogP contribution in [0.25, 0.3) is 0 Å². The lowest BCUT2D eigenvalue weighted by Gasteiger charge is -2.10. The highest BCUT2D eigenvalue weighted by atomic mass is 19.3. The molecule has 0 aliphatic rings. The highest BCUT2D eigenvalue weighted by Crippen LogP contribution is 2.27. The number of anilines is 1. The molecule has 0 amide bonds. The minimum atomic E-state index is -2.62. The lowest BCUT2D eigenvalue weighted by Crippen LogP contribution is -2.08. The predicted molar refractivity (Wildman–Crippen MR) is 46.2 cm³/mol. The molecule has 1 heterocycles. The first-order chi connectivity index (χ1) is 6.06. The van der Waals surface area contributed by atoms with Gasteiger partial charge >= 0.3 is 0 Å². The van der Waals surface area contributed by atoms with E-state index in [0.717, 1.165) is 0 Å². The van der Waals surface area contributed by atoms with Gasteiger partial charge in [-0.05, 0) is 18.6 Å². The molecule has 0 aromatic carbocycles. The number of halogens is 2. The second kappa shape index (κ2) is 3.66. The molecule has 3 nitrogen and oxygen atoms in total. The van der Waals surface area contributed by atoms with Crippen molar-refractivity contribution in [3.8, 4) is 0 Å². The van der Waals surface area contributed by atoms with E-state index in [2.05, 4.69) is 4.98 Å². The van der Waals surface area contributed by atoms with E-state index in [4.69, 9.17) is 11.5 Å². The molecule has 0 fully saturated rings. The molecule has 0 saturated carbocycles. The van der Waals surface area contributed by atoms with Gasteiger partial charge in [0.1, 0.15) is 5.82 Å². The maximum atomic E-state index is 12.4. The molecule has 0 saturated heterocycles.